The zero-order chi connectivity index (χ0) is 16.4. The van der Waals surface area contributed by atoms with Gasteiger partial charge in [-0.15, -0.1) is 0 Å². The summed E-state index contributed by atoms with van der Waals surface area (Å²) in [5.41, 5.74) is 0.617. The Balaban J connectivity index is 3.98. The van der Waals surface area contributed by atoms with Crippen molar-refractivity contribution in [2.45, 2.75) is 44.4 Å². The van der Waals surface area contributed by atoms with E-state index in [9.17, 15) is 18.1 Å². The number of phenols is 1. The number of benzene rings is 1. The van der Waals surface area contributed by atoms with Gasteiger partial charge in [0.25, 0.3) is 10.1 Å². The van der Waals surface area contributed by atoms with E-state index in [-0.39, 0.29) is 35.2 Å². The van der Waals surface area contributed by atoms with Crippen LogP contribution in [0.15, 0.2) is 4.90 Å². The van der Waals surface area contributed by atoms with Crippen LogP contribution in [-0.2, 0) is 16.5 Å². The van der Waals surface area contributed by atoms with Crippen molar-refractivity contribution < 1.29 is 27.6 Å². The molecule has 0 aliphatic rings. The molecule has 0 saturated heterocycles. The predicted molar refractivity (Wildman–Crippen MR) is 79.1 cm³/mol. The highest BCUT2D eigenvalue weighted by Gasteiger charge is 2.32. The van der Waals surface area contributed by atoms with E-state index in [1.54, 1.807) is 6.92 Å². The number of hydrogen-bond donors (Lipinski definition) is 2. The molecule has 0 saturated carbocycles. The molecule has 1 atom stereocenters. The molecule has 7 heteroatoms. The Hall–Kier alpha value is -1.47. The molecule has 0 heterocycles. The molecule has 0 aromatic heterocycles. The lowest BCUT2D eigenvalue weighted by Crippen LogP contribution is -2.11. The quantitative estimate of drug-likeness (QED) is 0.783. The van der Waals surface area contributed by atoms with Crippen molar-refractivity contribution in [2.24, 2.45) is 0 Å². The predicted octanol–water partition coefficient (Wildman–Crippen LogP) is 2.73. The van der Waals surface area contributed by atoms with Crippen LogP contribution in [0.4, 0.5) is 0 Å². The molecular formula is C14H22O6S. The SMILES string of the molecule is CCc1c(O)c(C(C)CC)c(OC)c(OC)c1S(=O)(=O)O. The van der Waals surface area contributed by atoms with Crippen molar-refractivity contribution in [3.8, 4) is 17.2 Å². The highest BCUT2D eigenvalue weighted by Crippen LogP contribution is 2.49. The molecular weight excluding hydrogens is 296 g/mol. The summed E-state index contributed by atoms with van der Waals surface area (Å²) in [4.78, 5) is -0.436. The highest BCUT2D eigenvalue weighted by molar-refractivity contribution is 7.86. The number of ether oxygens (including phenoxy) is 2. The second kappa shape index (κ2) is 6.53. The van der Waals surface area contributed by atoms with Crippen LogP contribution in [0.3, 0.4) is 0 Å². The molecule has 6 nitrogen and oxygen atoms in total. The Morgan fingerprint density at radius 2 is 1.67 bits per heavy atom. The maximum atomic E-state index is 11.7. The normalized spacial score (nSPS) is 13.0. The first kappa shape index (κ1) is 17.6. The Morgan fingerprint density at radius 1 is 1.14 bits per heavy atom. The maximum Gasteiger partial charge on any atom is 0.298 e. The molecule has 1 unspecified atom stereocenters. The molecule has 0 amide bonds. The summed E-state index contributed by atoms with van der Waals surface area (Å²) < 4.78 is 43.2. The monoisotopic (exact) mass is 318 g/mol. The van der Waals surface area contributed by atoms with E-state index in [1.165, 1.54) is 14.2 Å². The standard InChI is InChI=1S/C14H22O6S/c1-6-8(3)10-11(15)9(7-2)14(21(16,17)18)13(20-5)12(10)19-4/h8,15H,6-7H2,1-5H3,(H,16,17,18). The van der Waals surface area contributed by atoms with Gasteiger partial charge in [0.2, 0.25) is 0 Å². The Labute approximate surface area is 125 Å². The summed E-state index contributed by atoms with van der Waals surface area (Å²) >= 11 is 0. The van der Waals surface area contributed by atoms with Crippen molar-refractivity contribution in [1.82, 2.24) is 0 Å². The van der Waals surface area contributed by atoms with Crippen molar-refractivity contribution >= 4 is 10.1 Å². The lowest BCUT2D eigenvalue weighted by Gasteiger charge is -2.23. The van der Waals surface area contributed by atoms with Crippen LogP contribution in [0, 0.1) is 0 Å². The Kier molecular flexibility index (Phi) is 5.47. The third-order valence-corrected chi connectivity index (χ3v) is 4.54. The van der Waals surface area contributed by atoms with E-state index in [0.717, 1.165) is 6.42 Å². The average Bonchev–Trinajstić information content (AvgIpc) is 2.43. The Bertz CT molecular complexity index is 621. The average molecular weight is 318 g/mol. The van der Waals surface area contributed by atoms with Crippen LogP contribution in [0.2, 0.25) is 0 Å². The summed E-state index contributed by atoms with van der Waals surface area (Å²) in [6.07, 6.45) is 0.951. The van der Waals surface area contributed by atoms with E-state index >= 15 is 0 Å². The van der Waals surface area contributed by atoms with Crippen LogP contribution in [0.25, 0.3) is 0 Å². The van der Waals surface area contributed by atoms with E-state index in [0.29, 0.717) is 5.56 Å². The molecule has 0 bridgehead atoms. The van der Waals surface area contributed by atoms with E-state index in [1.807, 2.05) is 13.8 Å². The maximum absolute atomic E-state index is 11.7. The fraction of sp³-hybridized carbons (Fsp3) is 0.571. The molecule has 0 aliphatic carbocycles. The molecule has 120 valence electrons. The topological polar surface area (TPSA) is 93.1 Å². The smallest absolute Gasteiger partial charge is 0.298 e. The molecule has 21 heavy (non-hydrogen) atoms. The summed E-state index contributed by atoms with van der Waals surface area (Å²) in [6, 6.07) is 0. The first-order chi connectivity index (χ1) is 9.74. The number of rotatable bonds is 6. The summed E-state index contributed by atoms with van der Waals surface area (Å²) in [7, 11) is -1.90. The molecule has 1 aromatic carbocycles. The van der Waals surface area contributed by atoms with Gasteiger partial charge in [-0.3, -0.25) is 4.55 Å². The van der Waals surface area contributed by atoms with Crippen LogP contribution >= 0.6 is 0 Å². The number of hydrogen-bond acceptors (Lipinski definition) is 5. The van der Waals surface area contributed by atoms with Gasteiger partial charge < -0.3 is 14.6 Å². The van der Waals surface area contributed by atoms with Crippen molar-refractivity contribution in [2.75, 3.05) is 14.2 Å². The minimum absolute atomic E-state index is 0.0606. The number of aromatic hydroxyl groups is 1. The zero-order valence-electron chi connectivity index (χ0n) is 12.9. The molecule has 1 rings (SSSR count). The first-order valence-electron chi connectivity index (χ1n) is 6.71. The fourth-order valence-electron chi connectivity index (χ4n) is 2.39. The van der Waals surface area contributed by atoms with Crippen molar-refractivity contribution in [3.05, 3.63) is 11.1 Å². The lowest BCUT2D eigenvalue weighted by atomic mass is 9.93. The van der Waals surface area contributed by atoms with Gasteiger partial charge in [-0.25, -0.2) is 0 Å². The summed E-state index contributed by atoms with van der Waals surface area (Å²) in [6.45, 7) is 5.53. The van der Waals surface area contributed by atoms with E-state index in [2.05, 4.69) is 0 Å². The lowest BCUT2D eigenvalue weighted by molar-refractivity contribution is 0.331. The van der Waals surface area contributed by atoms with Gasteiger partial charge in [0.1, 0.15) is 10.6 Å². The van der Waals surface area contributed by atoms with Gasteiger partial charge in [-0.2, -0.15) is 8.42 Å². The molecule has 0 fully saturated rings. The van der Waals surface area contributed by atoms with Gasteiger partial charge in [-0.1, -0.05) is 20.8 Å². The summed E-state index contributed by atoms with van der Waals surface area (Å²) in [5, 5.41) is 10.5. The summed E-state index contributed by atoms with van der Waals surface area (Å²) in [5.74, 6) is -0.175. The number of methoxy groups -OCH3 is 2. The minimum atomic E-state index is -4.56. The molecule has 0 radical (unpaired) electrons. The van der Waals surface area contributed by atoms with Gasteiger partial charge in [0, 0.05) is 11.1 Å². The van der Waals surface area contributed by atoms with Crippen LogP contribution in [0.5, 0.6) is 17.2 Å². The van der Waals surface area contributed by atoms with Crippen molar-refractivity contribution in [3.63, 3.8) is 0 Å². The second-order valence-corrected chi connectivity index (χ2v) is 6.13. The van der Waals surface area contributed by atoms with E-state index < -0.39 is 15.0 Å². The molecule has 0 spiro atoms. The zero-order valence-corrected chi connectivity index (χ0v) is 13.7. The highest BCUT2D eigenvalue weighted by atomic mass is 32.2. The number of phenolic OH excluding ortho intramolecular Hbond substituents is 1. The minimum Gasteiger partial charge on any atom is -0.507 e. The van der Waals surface area contributed by atoms with Gasteiger partial charge in [0.15, 0.2) is 11.5 Å². The second-order valence-electron chi connectivity index (χ2n) is 4.77. The van der Waals surface area contributed by atoms with Gasteiger partial charge in [0.05, 0.1) is 14.2 Å². The van der Waals surface area contributed by atoms with Crippen molar-refractivity contribution in [1.29, 1.82) is 0 Å². The van der Waals surface area contributed by atoms with Gasteiger partial charge in [-0.05, 0) is 18.8 Å². The van der Waals surface area contributed by atoms with Gasteiger partial charge >= 0.3 is 0 Å². The van der Waals surface area contributed by atoms with Crippen LogP contribution in [-0.4, -0.2) is 32.3 Å². The molecule has 1 aromatic rings. The Morgan fingerprint density at radius 3 is 2.00 bits per heavy atom. The van der Waals surface area contributed by atoms with Crippen LogP contribution in [0.1, 0.15) is 44.2 Å². The molecule has 2 N–H and O–H groups in total. The fourth-order valence-corrected chi connectivity index (χ4v) is 3.35. The van der Waals surface area contributed by atoms with E-state index in [4.69, 9.17) is 9.47 Å². The van der Waals surface area contributed by atoms with Crippen LogP contribution < -0.4 is 9.47 Å². The third kappa shape index (κ3) is 3.08. The first-order valence-corrected chi connectivity index (χ1v) is 8.15. The largest absolute Gasteiger partial charge is 0.507 e. The molecule has 0 aliphatic heterocycles. The third-order valence-electron chi connectivity index (χ3n) is 3.60.